The molecule has 0 saturated heterocycles. The topological polar surface area (TPSA) is 72.0 Å². The number of benzene rings is 2. The van der Waals surface area contributed by atoms with E-state index < -0.39 is 10.0 Å². The van der Waals surface area contributed by atoms with Crippen LogP contribution >= 0.6 is 11.6 Å². The minimum absolute atomic E-state index is 0.157. The molecule has 22 heavy (non-hydrogen) atoms. The number of anilines is 1. The third-order valence-corrected chi connectivity index (χ3v) is 5.20. The Bertz CT molecular complexity index is 958. The number of aromatic nitrogens is 2. The number of hydrogen-bond donors (Lipinski definition) is 1. The van der Waals surface area contributed by atoms with Crippen molar-refractivity contribution in [1.82, 2.24) is 9.97 Å². The minimum Gasteiger partial charge on any atom is -0.280 e. The van der Waals surface area contributed by atoms with Crippen LogP contribution < -0.4 is 4.72 Å². The van der Waals surface area contributed by atoms with Gasteiger partial charge >= 0.3 is 0 Å². The standard InChI is InChI=1S/C15H12ClN3O2S/c1-10-13(16)3-2-4-15(10)22(20,21)19-12-5-6-14-11(7-12)8-17-9-18-14/h2-9,19H,1H3. The lowest BCUT2D eigenvalue weighted by atomic mass is 10.2. The van der Waals surface area contributed by atoms with Crippen molar-refractivity contribution in [2.45, 2.75) is 11.8 Å². The average Bonchev–Trinajstić information content (AvgIpc) is 2.49. The molecule has 0 unspecified atom stereocenters. The second-order valence-corrected chi connectivity index (χ2v) is 6.82. The summed E-state index contributed by atoms with van der Waals surface area (Å²) in [6.45, 7) is 1.67. The molecule has 7 heteroatoms. The van der Waals surface area contributed by atoms with Gasteiger partial charge in [-0.15, -0.1) is 0 Å². The quantitative estimate of drug-likeness (QED) is 0.797. The molecule has 1 N–H and O–H groups in total. The van der Waals surface area contributed by atoms with E-state index in [9.17, 15) is 8.42 Å². The van der Waals surface area contributed by atoms with Gasteiger partial charge in [-0.25, -0.2) is 18.4 Å². The van der Waals surface area contributed by atoms with Crippen LogP contribution in [-0.2, 0) is 10.0 Å². The van der Waals surface area contributed by atoms with Gasteiger partial charge in [-0.1, -0.05) is 17.7 Å². The fraction of sp³-hybridized carbons (Fsp3) is 0.0667. The fourth-order valence-corrected chi connectivity index (χ4v) is 3.69. The first-order chi connectivity index (χ1) is 10.5. The maximum absolute atomic E-state index is 12.5. The van der Waals surface area contributed by atoms with Gasteiger partial charge in [0, 0.05) is 22.3 Å². The highest BCUT2D eigenvalue weighted by molar-refractivity contribution is 7.92. The van der Waals surface area contributed by atoms with E-state index in [0.717, 1.165) is 10.9 Å². The van der Waals surface area contributed by atoms with Crippen LogP contribution in [0.5, 0.6) is 0 Å². The third kappa shape index (κ3) is 2.75. The zero-order valence-corrected chi connectivity index (χ0v) is 13.2. The van der Waals surface area contributed by atoms with Crippen LogP contribution in [0.1, 0.15) is 5.56 Å². The summed E-state index contributed by atoms with van der Waals surface area (Å²) in [5, 5.41) is 1.17. The van der Waals surface area contributed by atoms with E-state index in [1.165, 1.54) is 12.4 Å². The number of sulfonamides is 1. The number of nitrogens with zero attached hydrogens (tertiary/aromatic N) is 2. The summed E-state index contributed by atoms with van der Waals surface area (Å²) in [4.78, 5) is 8.18. The molecule has 0 radical (unpaired) electrons. The SMILES string of the molecule is Cc1c(Cl)cccc1S(=O)(=O)Nc1ccc2ncncc2c1. The van der Waals surface area contributed by atoms with E-state index in [1.807, 2.05) is 0 Å². The summed E-state index contributed by atoms with van der Waals surface area (Å²) in [6, 6.07) is 9.87. The molecule has 0 fully saturated rings. The first-order valence-corrected chi connectivity index (χ1v) is 8.31. The van der Waals surface area contributed by atoms with Gasteiger partial charge in [-0.05, 0) is 42.8 Å². The van der Waals surface area contributed by atoms with Gasteiger partial charge < -0.3 is 0 Å². The maximum Gasteiger partial charge on any atom is 0.262 e. The Labute approximate surface area is 133 Å². The second kappa shape index (κ2) is 5.55. The number of hydrogen-bond acceptors (Lipinski definition) is 4. The summed E-state index contributed by atoms with van der Waals surface area (Å²) in [5.74, 6) is 0. The first kappa shape index (κ1) is 14.7. The van der Waals surface area contributed by atoms with Gasteiger partial charge in [0.1, 0.15) is 6.33 Å². The Kier molecular flexibility index (Phi) is 3.72. The van der Waals surface area contributed by atoms with Gasteiger partial charge in [0.2, 0.25) is 0 Å². The molecule has 3 aromatic rings. The Morgan fingerprint density at radius 1 is 1.18 bits per heavy atom. The van der Waals surface area contributed by atoms with Crippen molar-refractivity contribution in [3.63, 3.8) is 0 Å². The molecule has 0 aliphatic heterocycles. The third-order valence-electron chi connectivity index (χ3n) is 3.26. The summed E-state index contributed by atoms with van der Waals surface area (Å²) < 4.78 is 27.6. The maximum atomic E-state index is 12.5. The number of fused-ring (bicyclic) bond motifs is 1. The molecule has 1 aromatic heterocycles. The van der Waals surface area contributed by atoms with Gasteiger partial charge in [0.05, 0.1) is 10.4 Å². The van der Waals surface area contributed by atoms with Gasteiger partial charge in [-0.2, -0.15) is 0 Å². The predicted molar refractivity (Wildman–Crippen MR) is 86.5 cm³/mol. The highest BCUT2D eigenvalue weighted by Gasteiger charge is 2.18. The highest BCUT2D eigenvalue weighted by atomic mass is 35.5. The minimum atomic E-state index is -3.71. The molecular weight excluding hydrogens is 322 g/mol. The molecule has 0 bridgehead atoms. The van der Waals surface area contributed by atoms with E-state index in [2.05, 4.69) is 14.7 Å². The molecule has 5 nitrogen and oxygen atoms in total. The van der Waals surface area contributed by atoms with Crippen molar-refractivity contribution in [1.29, 1.82) is 0 Å². The van der Waals surface area contributed by atoms with E-state index in [1.54, 1.807) is 43.5 Å². The number of rotatable bonds is 3. The first-order valence-electron chi connectivity index (χ1n) is 6.45. The smallest absolute Gasteiger partial charge is 0.262 e. The lowest BCUT2D eigenvalue weighted by molar-refractivity contribution is 0.600. The van der Waals surface area contributed by atoms with Crippen molar-refractivity contribution in [3.8, 4) is 0 Å². The zero-order chi connectivity index (χ0) is 15.7. The van der Waals surface area contributed by atoms with E-state index in [0.29, 0.717) is 16.3 Å². The van der Waals surface area contributed by atoms with Gasteiger partial charge in [-0.3, -0.25) is 4.72 Å². The van der Waals surface area contributed by atoms with Crippen LogP contribution in [0.15, 0.2) is 53.8 Å². The van der Waals surface area contributed by atoms with Crippen molar-refractivity contribution < 1.29 is 8.42 Å². The lowest BCUT2D eigenvalue weighted by Crippen LogP contribution is -2.14. The Morgan fingerprint density at radius 2 is 2.00 bits per heavy atom. The van der Waals surface area contributed by atoms with Crippen molar-refractivity contribution >= 4 is 38.2 Å². The molecule has 1 heterocycles. The highest BCUT2D eigenvalue weighted by Crippen LogP contribution is 2.25. The summed E-state index contributed by atoms with van der Waals surface area (Å²) in [6.07, 6.45) is 3.08. The monoisotopic (exact) mass is 333 g/mol. The van der Waals surface area contributed by atoms with E-state index in [4.69, 9.17) is 11.6 Å². The van der Waals surface area contributed by atoms with Crippen LogP contribution in [0.4, 0.5) is 5.69 Å². The number of nitrogens with one attached hydrogen (secondary N) is 1. The molecule has 3 rings (SSSR count). The largest absolute Gasteiger partial charge is 0.280 e. The van der Waals surface area contributed by atoms with Crippen LogP contribution in [0.25, 0.3) is 10.9 Å². The predicted octanol–water partition coefficient (Wildman–Crippen LogP) is 3.39. The summed E-state index contributed by atoms with van der Waals surface area (Å²) in [7, 11) is -3.71. The molecule has 0 aliphatic rings. The van der Waals surface area contributed by atoms with Gasteiger partial charge in [0.15, 0.2) is 0 Å². The molecule has 0 amide bonds. The summed E-state index contributed by atoms with van der Waals surface area (Å²) in [5.41, 5.74) is 1.71. The molecule has 112 valence electrons. The van der Waals surface area contributed by atoms with Crippen LogP contribution in [0, 0.1) is 6.92 Å². The Morgan fingerprint density at radius 3 is 2.82 bits per heavy atom. The van der Waals surface area contributed by atoms with E-state index >= 15 is 0 Å². The Hall–Kier alpha value is -2.18. The van der Waals surface area contributed by atoms with Crippen LogP contribution in [0.3, 0.4) is 0 Å². The van der Waals surface area contributed by atoms with Crippen molar-refractivity contribution in [3.05, 3.63) is 59.5 Å². The molecule has 0 spiro atoms. The van der Waals surface area contributed by atoms with E-state index in [-0.39, 0.29) is 4.90 Å². The Balaban J connectivity index is 2.01. The fourth-order valence-electron chi connectivity index (χ4n) is 2.14. The summed E-state index contributed by atoms with van der Waals surface area (Å²) >= 11 is 5.99. The zero-order valence-electron chi connectivity index (χ0n) is 11.6. The average molecular weight is 334 g/mol. The molecule has 0 atom stereocenters. The normalized spacial score (nSPS) is 11.5. The van der Waals surface area contributed by atoms with Gasteiger partial charge in [0.25, 0.3) is 10.0 Å². The lowest BCUT2D eigenvalue weighted by Gasteiger charge is -2.11. The van der Waals surface area contributed by atoms with Crippen molar-refractivity contribution in [2.75, 3.05) is 4.72 Å². The van der Waals surface area contributed by atoms with Crippen LogP contribution in [-0.4, -0.2) is 18.4 Å². The molecule has 2 aromatic carbocycles. The molecule has 0 aliphatic carbocycles. The van der Waals surface area contributed by atoms with Crippen LogP contribution in [0.2, 0.25) is 5.02 Å². The van der Waals surface area contributed by atoms with Crippen molar-refractivity contribution in [2.24, 2.45) is 0 Å². The molecule has 0 saturated carbocycles. The molecular formula is C15H12ClN3O2S. The second-order valence-electron chi connectivity index (χ2n) is 4.76. The number of halogens is 1.